The average Bonchev–Trinajstić information content (AvgIpc) is 2.64. The summed E-state index contributed by atoms with van der Waals surface area (Å²) in [7, 11) is 7.71. The van der Waals surface area contributed by atoms with Crippen LogP contribution < -0.4 is 15.5 Å². The highest BCUT2D eigenvalue weighted by Gasteiger charge is 2.16. The van der Waals surface area contributed by atoms with E-state index in [1.54, 1.807) is 30.3 Å². The van der Waals surface area contributed by atoms with Crippen LogP contribution in [0.2, 0.25) is 10.0 Å². The van der Waals surface area contributed by atoms with Crippen molar-refractivity contribution in [3.05, 3.63) is 57.6 Å². The molecule has 2 rings (SSSR count). The van der Waals surface area contributed by atoms with E-state index >= 15 is 0 Å². The summed E-state index contributed by atoms with van der Waals surface area (Å²) in [5.41, 5.74) is 2.06. The summed E-state index contributed by atoms with van der Waals surface area (Å²) in [5.74, 6) is -0.560. The lowest BCUT2D eigenvalue weighted by molar-refractivity contribution is 0.0951. The molecule has 0 bridgehead atoms. The van der Waals surface area contributed by atoms with Crippen LogP contribution in [0.15, 0.2) is 36.4 Å². The fourth-order valence-electron chi connectivity index (χ4n) is 2.75. The lowest BCUT2D eigenvalue weighted by atomic mass is 10.1. The van der Waals surface area contributed by atoms with Crippen LogP contribution in [0.3, 0.4) is 0 Å². The number of hydrogen-bond acceptors (Lipinski definition) is 4. The molecule has 2 aromatic rings. The second-order valence-corrected chi connectivity index (χ2v) is 7.96. The monoisotopic (exact) mass is 436 g/mol. The Bertz CT molecular complexity index is 885. The Morgan fingerprint density at radius 2 is 1.66 bits per heavy atom. The third-order valence-corrected chi connectivity index (χ3v) is 4.77. The number of carbonyl (C=O) groups excluding carboxylic acids is 2. The van der Waals surface area contributed by atoms with E-state index in [9.17, 15) is 9.59 Å². The highest BCUT2D eigenvalue weighted by molar-refractivity contribution is 6.37. The Morgan fingerprint density at radius 3 is 2.28 bits per heavy atom. The summed E-state index contributed by atoms with van der Waals surface area (Å²) in [5, 5.41) is 6.44. The van der Waals surface area contributed by atoms with Crippen molar-refractivity contribution in [3.63, 3.8) is 0 Å². The Morgan fingerprint density at radius 1 is 0.931 bits per heavy atom. The molecule has 0 fully saturated rings. The number of halogens is 2. The summed E-state index contributed by atoms with van der Waals surface area (Å²) < 4.78 is 0. The summed E-state index contributed by atoms with van der Waals surface area (Å²) in [6, 6.07) is 9.89. The van der Waals surface area contributed by atoms with Crippen molar-refractivity contribution in [1.82, 2.24) is 10.2 Å². The van der Waals surface area contributed by atoms with Gasteiger partial charge in [0.05, 0.1) is 16.1 Å². The molecular formula is C21H26Cl2N4O2. The standard InChI is InChI=1S/C21H26Cl2N4O2/c1-26(2)11-5-10-24-20(28)17-13-15(7-9-19(17)27(3)4)25-21(29)16-8-6-14(22)12-18(16)23/h6-9,12-13H,5,10-11H2,1-4H3,(H,24,28)(H,25,29). The minimum atomic E-state index is -0.374. The fourth-order valence-corrected chi connectivity index (χ4v) is 3.24. The van der Waals surface area contributed by atoms with Gasteiger partial charge in [-0.15, -0.1) is 0 Å². The SMILES string of the molecule is CN(C)CCCNC(=O)c1cc(NC(=O)c2ccc(Cl)cc2Cl)ccc1N(C)C. The third-order valence-electron chi connectivity index (χ3n) is 4.22. The number of nitrogens with zero attached hydrogens (tertiary/aromatic N) is 2. The largest absolute Gasteiger partial charge is 0.377 e. The van der Waals surface area contributed by atoms with Gasteiger partial charge >= 0.3 is 0 Å². The zero-order valence-corrected chi connectivity index (χ0v) is 18.6. The summed E-state index contributed by atoms with van der Waals surface area (Å²) in [6.07, 6.45) is 0.849. The molecular weight excluding hydrogens is 411 g/mol. The summed E-state index contributed by atoms with van der Waals surface area (Å²) in [4.78, 5) is 29.2. The van der Waals surface area contributed by atoms with Crippen molar-refractivity contribution in [2.75, 3.05) is 51.5 Å². The van der Waals surface area contributed by atoms with Crippen molar-refractivity contribution in [3.8, 4) is 0 Å². The van der Waals surface area contributed by atoms with Gasteiger partial charge in [0.15, 0.2) is 0 Å². The van der Waals surface area contributed by atoms with Crippen LogP contribution in [0.1, 0.15) is 27.1 Å². The Kier molecular flexibility index (Phi) is 8.32. The van der Waals surface area contributed by atoms with E-state index in [2.05, 4.69) is 15.5 Å². The molecule has 0 aromatic heterocycles. The molecule has 2 aromatic carbocycles. The van der Waals surface area contributed by atoms with E-state index in [0.29, 0.717) is 28.4 Å². The normalized spacial score (nSPS) is 10.7. The van der Waals surface area contributed by atoms with Gasteiger partial charge in [-0.2, -0.15) is 0 Å². The maximum Gasteiger partial charge on any atom is 0.257 e. The molecule has 29 heavy (non-hydrogen) atoms. The van der Waals surface area contributed by atoms with Gasteiger partial charge in [-0.1, -0.05) is 23.2 Å². The van der Waals surface area contributed by atoms with Crippen molar-refractivity contribution in [1.29, 1.82) is 0 Å². The van der Waals surface area contributed by atoms with Gasteiger partial charge in [0, 0.05) is 37.0 Å². The van der Waals surface area contributed by atoms with E-state index in [-0.39, 0.29) is 16.8 Å². The number of anilines is 2. The number of benzene rings is 2. The Labute approximate surface area is 181 Å². The molecule has 0 aliphatic rings. The van der Waals surface area contributed by atoms with Crippen LogP contribution in [0.5, 0.6) is 0 Å². The van der Waals surface area contributed by atoms with Gasteiger partial charge in [0.1, 0.15) is 0 Å². The first-order valence-corrected chi connectivity index (χ1v) is 9.95. The van der Waals surface area contributed by atoms with Gasteiger partial charge in [0.2, 0.25) is 0 Å². The molecule has 0 spiro atoms. The van der Waals surface area contributed by atoms with Gasteiger partial charge in [-0.25, -0.2) is 0 Å². The Balaban J connectivity index is 2.18. The van der Waals surface area contributed by atoms with E-state index in [0.717, 1.165) is 18.7 Å². The lowest BCUT2D eigenvalue weighted by Gasteiger charge is -2.19. The molecule has 0 aliphatic carbocycles. The van der Waals surface area contributed by atoms with Gasteiger partial charge < -0.3 is 20.4 Å². The van der Waals surface area contributed by atoms with Crippen molar-refractivity contribution in [2.24, 2.45) is 0 Å². The molecule has 0 saturated carbocycles. The zero-order chi connectivity index (χ0) is 21.6. The zero-order valence-electron chi connectivity index (χ0n) is 17.1. The van der Waals surface area contributed by atoms with Gasteiger partial charge in [-0.3, -0.25) is 9.59 Å². The van der Waals surface area contributed by atoms with Gasteiger partial charge in [-0.05, 0) is 63.5 Å². The van der Waals surface area contributed by atoms with Gasteiger partial charge in [0.25, 0.3) is 11.8 Å². The van der Waals surface area contributed by atoms with Crippen LogP contribution in [0, 0.1) is 0 Å². The molecule has 0 heterocycles. The predicted molar refractivity (Wildman–Crippen MR) is 121 cm³/mol. The smallest absolute Gasteiger partial charge is 0.257 e. The minimum Gasteiger partial charge on any atom is -0.377 e. The topological polar surface area (TPSA) is 64.7 Å². The molecule has 6 nitrogen and oxygen atoms in total. The van der Waals surface area contributed by atoms with Crippen molar-refractivity contribution >= 4 is 46.4 Å². The number of carbonyl (C=O) groups is 2. The van der Waals surface area contributed by atoms with Crippen LogP contribution in [0.4, 0.5) is 11.4 Å². The first-order valence-electron chi connectivity index (χ1n) is 9.19. The average molecular weight is 437 g/mol. The second-order valence-electron chi connectivity index (χ2n) is 7.12. The van der Waals surface area contributed by atoms with Crippen LogP contribution >= 0.6 is 23.2 Å². The van der Waals surface area contributed by atoms with E-state index in [1.165, 1.54) is 6.07 Å². The van der Waals surface area contributed by atoms with Crippen molar-refractivity contribution < 1.29 is 9.59 Å². The molecule has 2 amide bonds. The maximum atomic E-state index is 12.7. The predicted octanol–water partition coefficient (Wildman–Crippen LogP) is 3.99. The first kappa shape index (κ1) is 23.0. The lowest BCUT2D eigenvalue weighted by Crippen LogP contribution is -2.28. The molecule has 0 saturated heterocycles. The highest BCUT2D eigenvalue weighted by atomic mass is 35.5. The van der Waals surface area contributed by atoms with E-state index in [1.807, 2.05) is 33.1 Å². The molecule has 8 heteroatoms. The third kappa shape index (κ3) is 6.63. The molecule has 2 N–H and O–H groups in total. The molecule has 0 radical (unpaired) electrons. The first-order chi connectivity index (χ1) is 13.7. The molecule has 0 unspecified atom stereocenters. The molecule has 0 atom stereocenters. The molecule has 0 aliphatic heterocycles. The second kappa shape index (κ2) is 10.5. The number of rotatable bonds is 8. The highest BCUT2D eigenvalue weighted by Crippen LogP contribution is 2.25. The van der Waals surface area contributed by atoms with Crippen molar-refractivity contribution in [2.45, 2.75) is 6.42 Å². The number of amides is 2. The van der Waals surface area contributed by atoms with E-state index in [4.69, 9.17) is 23.2 Å². The fraction of sp³-hybridized carbons (Fsp3) is 0.333. The molecule has 156 valence electrons. The quantitative estimate of drug-likeness (QED) is 0.613. The van der Waals surface area contributed by atoms with Crippen LogP contribution in [-0.4, -0.2) is 58.0 Å². The number of hydrogen-bond donors (Lipinski definition) is 2. The van der Waals surface area contributed by atoms with Crippen LogP contribution in [-0.2, 0) is 0 Å². The minimum absolute atomic E-state index is 0.187. The summed E-state index contributed by atoms with van der Waals surface area (Å²) >= 11 is 12.0. The number of nitrogens with one attached hydrogen (secondary N) is 2. The summed E-state index contributed by atoms with van der Waals surface area (Å²) in [6.45, 7) is 1.46. The Hall–Kier alpha value is -2.28. The van der Waals surface area contributed by atoms with E-state index < -0.39 is 0 Å². The maximum absolute atomic E-state index is 12.7. The van der Waals surface area contributed by atoms with Crippen LogP contribution in [0.25, 0.3) is 0 Å².